The molecule has 1 rings (SSSR count). The summed E-state index contributed by atoms with van der Waals surface area (Å²) in [5.41, 5.74) is 7.00. The van der Waals surface area contributed by atoms with Gasteiger partial charge in [-0.15, -0.1) is 0 Å². The summed E-state index contributed by atoms with van der Waals surface area (Å²) in [7, 11) is 0. The molecule has 78 valence electrons. The van der Waals surface area contributed by atoms with Crippen LogP contribution >= 0.6 is 0 Å². The zero-order valence-corrected chi connectivity index (χ0v) is 8.39. The molecule has 2 nitrogen and oxygen atoms in total. The first-order valence-corrected chi connectivity index (χ1v) is 4.84. The molecule has 0 fully saturated rings. The zero-order valence-electron chi connectivity index (χ0n) is 8.39. The van der Waals surface area contributed by atoms with Crippen molar-refractivity contribution in [2.75, 3.05) is 6.54 Å². The maximum atomic E-state index is 13.0. The van der Waals surface area contributed by atoms with Crippen LogP contribution in [0.15, 0.2) is 12.1 Å². The summed E-state index contributed by atoms with van der Waals surface area (Å²) in [6.45, 7) is 2.51. The summed E-state index contributed by atoms with van der Waals surface area (Å²) in [5.74, 6) is -0.750. The summed E-state index contributed by atoms with van der Waals surface area (Å²) in [4.78, 5) is 0. The van der Waals surface area contributed by atoms with Gasteiger partial charge in [0.05, 0.1) is 0 Å². The van der Waals surface area contributed by atoms with E-state index in [0.717, 1.165) is 18.4 Å². The molecule has 0 heterocycles. The first kappa shape index (κ1) is 11.0. The second-order valence-corrected chi connectivity index (χ2v) is 3.44. The molecule has 0 spiro atoms. The van der Waals surface area contributed by atoms with Gasteiger partial charge in [-0.2, -0.15) is 0 Å². The highest BCUT2D eigenvalue weighted by Crippen LogP contribution is 2.25. The number of benzene rings is 1. The molecule has 0 radical (unpaired) electrons. The van der Waals surface area contributed by atoms with E-state index in [4.69, 9.17) is 5.73 Å². The van der Waals surface area contributed by atoms with E-state index in [1.807, 2.05) is 6.92 Å². The van der Waals surface area contributed by atoms with Crippen LogP contribution in [0, 0.1) is 12.7 Å². The number of aryl methyl sites for hydroxylation is 1. The van der Waals surface area contributed by atoms with E-state index in [1.54, 1.807) is 6.07 Å². The lowest BCUT2D eigenvalue weighted by Gasteiger charge is -2.08. The second kappa shape index (κ2) is 4.96. The van der Waals surface area contributed by atoms with Crippen LogP contribution in [0.25, 0.3) is 0 Å². The van der Waals surface area contributed by atoms with Gasteiger partial charge in [-0.3, -0.25) is 0 Å². The van der Waals surface area contributed by atoms with Gasteiger partial charge in [-0.05, 0) is 49.9 Å². The Bertz CT molecular complexity index is 312. The Morgan fingerprint density at radius 1 is 1.36 bits per heavy atom. The lowest BCUT2D eigenvalue weighted by Crippen LogP contribution is -2.00. The number of hydrogen-bond acceptors (Lipinski definition) is 2. The number of halogens is 1. The smallest absolute Gasteiger partial charge is 0.165 e. The molecule has 0 bridgehead atoms. The molecule has 3 heteroatoms. The van der Waals surface area contributed by atoms with Gasteiger partial charge in [0.1, 0.15) is 0 Å². The predicted octanol–water partition coefficient (Wildman–Crippen LogP) is 2.12. The van der Waals surface area contributed by atoms with Crippen molar-refractivity contribution in [3.8, 4) is 5.75 Å². The third-order valence-electron chi connectivity index (χ3n) is 2.35. The van der Waals surface area contributed by atoms with E-state index in [9.17, 15) is 9.50 Å². The lowest BCUT2D eigenvalue weighted by atomic mass is 10.0. The second-order valence-electron chi connectivity index (χ2n) is 3.44. The third-order valence-corrected chi connectivity index (χ3v) is 2.35. The maximum absolute atomic E-state index is 13.0. The highest BCUT2D eigenvalue weighted by molar-refractivity contribution is 5.39. The zero-order chi connectivity index (χ0) is 10.6. The Hall–Kier alpha value is -1.09. The Labute approximate surface area is 83.6 Å². The number of phenolic OH excluding ortho intramolecular Hbond substituents is 1. The Morgan fingerprint density at radius 3 is 2.71 bits per heavy atom. The molecule has 3 N–H and O–H groups in total. The van der Waals surface area contributed by atoms with E-state index >= 15 is 0 Å². The van der Waals surface area contributed by atoms with Gasteiger partial charge in [-0.25, -0.2) is 4.39 Å². The molecule has 0 atom stereocenters. The maximum Gasteiger partial charge on any atom is 0.165 e. The SMILES string of the molecule is Cc1ccc(F)c(O)c1CCCCN. The number of rotatable bonds is 4. The first-order chi connectivity index (χ1) is 6.66. The summed E-state index contributed by atoms with van der Waals surface area (Å²) >= 11 is 0. The normalized spacial score (nSPS) is 10.5. The van der Waals surface area contributed by atoms with Crippen LogP contribution in [-0.4, -0.2) is 11.7 Å². The highest BCUT2D eigenvalue weighted by atomic mass is 19.1. The Morgan fingerprint density at radius 2 is 2.07 bits per heavy atom. The topological polar surface area (TPSA) is 46.2 Å². The molecule has 0 saturated heterocycles. The van der Waals surface area contributed by atoms with Crippen molar-refractivity contribution in [2.24, 2.45) is 5.73 Å². The minimum absolute atomic E-state index is 0.206. The fraction of sp³-hybridized carbons (Fsp3) is 0.455. The van der Waals surface area contributed by atoms with Gasteiger partial charge in [0, 0.05) is 0 Å². The third kappa shape index (κ3) is 2.45. The van der Waals surface area contributed by atoms with E-state index in [0.29, 0.717) is 18.5 Å². The number of unbranched alkanes of at least 4 members (excludes halogenated alkanes) is 1. The number of nitrogens with two attached hydrogens (primary N) is 1. The molecule has 1 aromatic rings. The molecule has 0 aliphatic rings. The number of phenols is 1. The van der Waals surface area contributed by atoms with Crippen LogP contribution in [0.3, 0.4) is 0 Å². The van der Waals surface area contributed by atoms with E-state index < -0.39 is 5.82 Å². The molecular formula is C11H16FNO. The Kier molecular flexibility index (Phi) is 3.89. The lowest BCUT2D eigenvalue weighted by molar-refractivity contribution is 0.424. The van der Waals surface area contributed by atoms with Crippen LogP contribution in [0.2, 0.25) is 0 Å². The average molecular weight is 197 g/mol. The first-order valence-electron chi connectivity index (χ1n) is 4.84. The van der Waals surface area contributed by atoms with Gasteiger partial charge in [0.2, 0.25) is 0 Å². The van der Waals surface area contributed by atoms with Crippen molar-refractivity contribution < 1.29 is 9.50 Å². The molecule has 1 aromatic carbocycles. The molecule has 0 aliphatic carbocycles. The van der Waals surface area contributed by atoms with Gasteiger partial charge in [0.25, 0.3) is 0 Å². The van der Waals surface area contributed by atoms with Crippen molar-refractivity contribution in [3.63, 3.8) is 0 Å². The molecular weight excluding hydrogens is 181 g/mol. The van der Waals surface area contributed by atoms with E-state index in [1.165, 1.54) is 6.07 Å². The van der Waals surface area contributed by atoms with Crippen LogP contribution in [0.4, 0.5) is 4.39 Å². The summed E-state index contributed by atoms with van der Waals surface area (Å²) in [6.07, 6.45) is 2.47. The van der Waals surface area contributed by atoms with E-state index in [-0.39, 0.29) is 5.75 Å². The minimum Gasteiger partial charge on any atom is -0.505 e. The summed E-state index contributed by atoms with van der Waals surface area (Å²) in [6, 6.07) is 2.98. The molecule has 0 amide bonds. The number of hydrogen-bond donors (Lipinski definition) is 2. The fourth-order valence-corrected chi connectivity index (χ4v) is 1.47. The highest BCUT2D eigenvalue weighted by Gasteiger charge is 2.09. The van der Waals surface area contributed by atoms with Crippen molar-refractivity contribution in [2.45, 2.75) is 26.2 Å². The van der Waals surface area contributed by atoms with Crippen LogP contribution in [0.1, 0.15) is 24.0 Å². The standard InChI is InChI=1S/C11H16FNO/c1-8-5-6-10(12)11(14)9(8)4-2-3-7-13/h5-6,14H,2-4,7,13H2,1H3. The van der Waals surface area contributed by atoms with Crippen LogP contribution < -0.4 is 5.73 Å². The van der Waals surface area contributed by atoms with Gasteiger partial charge in [-0.1, -0.05) is 6.07 Å². The van der Waals surface area contributed by atoms with Crippen molar-refractivity contribution >= 4 is 0 Å². The van der Waals surface area contributed by atoms with Gasteiger partial charge >= 0.3 is 0 Å². The quantitative estimate of drug-likeness (QED) is 0.726. The molecule has 0 saturated carbocycles. The molecule has 0 aromatic heterocycles. The van der Waals surface area contributed by atoms with Crippen LogP contribution in [0.5, 0.6) is 5.75 Å². The van der Waals surface area contributed by atoms with E-state index in [2.05, 4.69) is 0 Å². The van der Waals surface area contributed by atoms with Gasteiger partial charge < -0.3 is 10.8 Å². The monoisotopic (exact) mass is 197 g/mol. The largest absolute Gasteiger partial charge is 0.505 e. The number of aromatic hydroxyl groups is 1. The summed E-state index contributed by atoms with van der Waals surface area (Å²) in [5, 5.41) is 9.47. The summed E-state index contributed by atoms with van der Waals surface area (Å²) < 4.78 is 13.0. The van der Waals surface area contributed by atoms with Crippen molar-refractivity contribution in [3.05, 3.63) is 29.1 Å². The minimum atomic E-state index is -0.543. The van der Waals surface area contributed by atoms with Gasteiger partial charge in [0.15, 0.2) is 11.6 Å². The predicted molar refractivity (Wildman–Crippen MR) is 54.8 cm³/mol. The van der Waals surface area contributed by atoms with Crippen LogP contribution in [-0.2, 0) is 6.42 Å². The molecule has 0 aliphatic heterocycles. The molecule has 14 heavy (non-hydrogen) atoms. The van der Waals surface area contributed by atoms with Crippen molar-refractivity contribution in [1.82, 2.24) is 0 Å². The van der Waals surface area contributed by atoms with Crippen molar-refractivity contribution in [1.29, 1.82) is 0 Å². The fourth-order valence-electron chi connectivity index (χ4n) is 1.47. The molecule has 0 unspecified atom stereocenters. The Balaban J connectivity index is 2.79. The average Bonchev–Trinajstić information content (AvgIpc) is 2.18.